The molecule has 0 fully saturated rings. The number of para-hydroxylation sites is 1. The zero-order chi connectivity index (χ0) is 24.5. The number of esters is 1. The molecule has 0 saturated carbocycles. The molecule has 35 heavy (non-hydrogen) atoms. The van der Waals surface area contributed by atoms with Crippen LogP contribution in [0.1, 0.15) is 21.5 Å². The first-order valence-corrected chi connectivity index (χ1v) is 11.8. The van der Waals surface area contributed by atoms with Gasteiger partial charge in [-0.1, -0.05) is 42.1 Å². The molecule has 0 saturated heterocycles. The summed E-state index contributed by atoms with van der Waals surface area (Å²) in [6.45, 7) is 1.93. The SMILES string of the molecule is COC(=O)c1ccc2c(=O)n(-c3ccccc3)c(SCc3cc(=O)oc4cc(C)ccc34)nc2c1. The van der Waals surface area contributed by atoms with E-state index in [1.54, 1.807) is 22.8 Å². The number of fused-ring (bicyclic) bond motifs is 2. The largest absolute Gasteiger partial charge is 0.465 e. The Balaban J connectivity index is 1.66. The molecule has 0 aliphatic carbocycles. The fourth-order valence-electron chi connectivity index (χ4n) is 3.91. The number of nitrogens with zero attached hydrogens (tertiary/aromatic N) is 2. The molecule has 0 aliphatic rings. The van der Waals surface area contributed by atoms with Crippen LogP contribution in [0.5, 0.6) is 0 Å². The highest BCUT2D eigenvalue weighted by atomic mass is 32.2. The van der Waals surface area contributed by atoms with Gasteiger partial charge in [0.15, 0.2) is 5.16 Å². The van der Waals surface area contributed by atoms with Crippen LogP contribution in [0.25, 0.3) is 27.6 Å². The van der Waals surface area contributed by atoms with Crippen molar-refractivity contribution in [2.24, 2.45) is 0 Å². The molecule has 174 valence electrons. The third-order valence-electron chi connectivity index (χ3n) is 5.62. The van der Waals surface area contributed by atoms with E-state index in [-0.39, 0.29) is 5.56 Å². The molecule has 7 nitrogen and oxygen atoms in total. The van der Waals surface area contributed by atoms with Gasteiger partial charge < -0.3 is 9.15 Å². The van der Waals surface area contributed by atoms with Crippen LogP contribution in [0, 0.1) is 6.92 Å². The number of rotatable bonds is 5. The van der Waals surface area contributed by atoms with Gasteiger partial charge in [-0.3, -0.25) is 9.36 Å². The van der Waals surface area contributed by atoms with Crippen LogP contribution in [0.4, 0.5) is 0 Å². The minimum Gasteiger partial charge on any atom is -0.465 e. The van der Waals surface area contributed by atoms with Gasteiger partial charge in [-0.25, -0.2) is 14.6 Å². The summed E-state index contributed by atoms with van der Waals surface area (Å²) >= 11 is 1.33. The number of thioether (sulfide) groups is 1. The van der Waals surface area contributed by atoms with Gasteiger partial charge in [0.25, 0.3) is 5.56 Å². The number of hydrogen-bond donors (Lipinski definition) is 0. The van der Waals surface area contributed by atoms with E-state index in [0.29, 0.717) is 38.6 Å². The highest BCUT2D eigenvalue weighted by molar-refractivity contribution is 7.98. The Morgan fingerprint density at radius 1 is 1.00 bits per heavy atom. The van der Waals surface area contributed by atoms with Gasteiger partial charge in [-0.15, -0.1) is 0 Å². The summed E-state index contributed by atoms with van der Waals surface area (Å²) < 4.78 is 11.7. The molecule has 0 radical (unpaired) electrons. The van der Waals surface area contributed by atoms with E-state index in [4.69, 9.17) is 14.1 Å². The maximum atomic E-state index is 13.5. The molecule has 0 bridgehead atoms. The molecule has 2 aromatic heterocycles. The predicted molar refractivity (Wildman–Crippen MR) is 135 cm³/mol. The molecule has 0 unspecified atom stereocenters. The Morgan fingerprint density at radius 3 is 2.54 bits per heavy atom. The summed E-state index contributed by atoms with van der Waals surface area (Å²) in [5, 5.41) is 1.64. The van der Waals surface area contributed by atoms with Crippen molar-refractivity contribution in [1.29, 1.82) is 0 Å². The van der Waals surface area contributed by atoms with Gasteiger partial charge in [0.1, 0.15) is 5.58 Å². The van der Waals surface area contributed by atoms with E-state index in [2.05, 4.69) is 0 Å². The normalized spacial score (nSPS) is 11.1. The molecule has 8 heteroatoms. The lowest BCUT2D eigenvalue weighted by molar-refractivity contribution is 0.0601. The monoisotopic (exact) mass is 484 g/mol. The van der Waals surface area contributed by atoms with Crippen molar-refractivity contribution in [3.63, 3.8) is 0 Å². The quantitative estimate of drug-likeness (QED) is 0.152. The maximum Gasteiger partial charge on any atom is 0.337 e. The summed E-state index contributed by atoms with van der Waals surface area (Å²) in [5.41, 5.74) is 2.95. The highest BCUT2D eigenvalue weighted by Gasteiger charge is 2.16. The summed E-state index contributed by atoms with van der Waals surface area (Å²) in [6.07, 6.45) is 0. The standard InChI is InChI=1S/C27H20N2O5S/c1-16-8-10-20-18(14-24(30)34-23(20)12-16)15-35-27-28-22-13-17(26(32)33-2)9-11-21(22)25(31)29(27)19-6-4-3-5-7-19/h3-14H,15H2,1-2H3. The second kappa shape index (κ2) is 9.23. The Kier molecular flexibility index (Phi) is 5.96. The minimum atomic E-state index is -0.507. The lowest BCUT2D eigenvalue weighted by Crippen LogP contribution is -2.22. The van der Waals surface area contributed by atoms with Crippen LogP contribution in [-0.4, -0.2) is 22.6 Å². The molecule has 0 amide bonds. The number of ether oxygens (including phenoxy) is 1. The van der Waals surface area contributed by atoms with E-state index in [1.807, 2.05) is 55.5 Å². The average molecular weight is 485 g/mol. The van der Waals surface area contributed by atoms with E-state index >= 15 is 0 Å². The van der Waals surface area contributed by atoms with Crippen LogP contribution < -0.4 is 11.2 Å². The molecular weight excluding hydrogens is 464 g/mol. The van der Waals surface area contributed by atoms with Crippen LogP contribution in [0.3, 0.4) is 0 Å². The molecule has 3 aromatic carbocycles. The lowest BCUT2D eigenvalue weighted by atomic mass is 10.1. The third-order valence-corrected chi connectivity index (χ3v) is 6.60. The summed E-state index contributed by atoms with van der Waals surface area (Å²) in [4.78, 5) is 42.5. The second-order valence-electron chi connectivity index (χ2n) is 7.97. The van der Waals surface area contributed by atoms with Gasteiger partial charge in [0.2, 0.25) is 0 Å². The average Bonchev–Trinajstić information content (AvgIpc) is 2.86. The van der Waals surface area contributed by atoms with Crippen molar-refractivity contribution in [3.8, 4) is 5.69 Å². The second-order valence-corrected chi connectivity index (χ2v) is 8.92. The van der Waals surface area contributed by atoms with Gasteiger partial charge in [0.05, 0.1) is 29.3 Å². The fraction of sp³-hybridized carbons (Fsp3) is 0.111. The van der Waals surface area contributed by atoms with Crippen LogP contribution in [0.2, 0.25) is 0 Å². The van der Waals surface area contributed by atoms with Crippen molar-refractivity contribution in [2.45, 2.75) is 17.8 Å². The van der Waals surface area contributed by atoms with Crippen LogP contribution in [-0.2, 0) is 10.5 Å². The number of hydrogen-bond acceptors (Lipinski definition) is 7. The molecule has 0 spiro atoms. The van der Waals surface area contributed by atoms with E-state index in [0.717, 1.165) is 16.5 Å². The number of aryl methyl sites for hydroxylation is 1. The lowest BCUT2D eigenvalue weighted by Gasteiger charge is -2.14. The van der Waals surface area contributed by atoms with Crippen LogP contribution in [0.15, 0.2) is 92.0 Å². The van der Waals surface area contributed by atoms with Gasteiger partial charge >= 0.3 is 11.6 Å². The number of benzene rings is 3. The van der Waals surface area contributed by atoms with Crippen molar-refractivity contribution in [3.05, 3.63) is 110 Å². The minimum absolute atomic E-state index is 0.256. The first-order valence-electron chi connectivity index (χ1n) is 10.8. The van der Waals surface area contributed by atoms with Gasteiger partial charge in [0, 0.05) is 17.2 Å². The number of aromatic nitrogens is 2. The van der Waals surface area contributed by atoms with E-state index < -0.39 is 11.6 Å². The molecular formula is C27H20N2O5S. The molecule has 0 aliphatic heterocycles. The van der Waals surface area contributed by atoms with Crippen LogP contribution >= 0.6 is 11.8 Å². The Morgan fingerprint density at radius 2 is 1.77 bits per heavy atom. The van der Waals surface area contributed by atoms with Crippen molar-refractivity contribution >= 4 is 39.6 Å². The Hall–Kier alpha value is -4.17. The van der Waals surface area contributed by atoms with Crippen molar-refractivity contribution in [2.75, 3.05) is 7.11 Å². The zero-order valence-corrected chi connectivity index (χ0v) is 19.8. The molecule has 5 rings (SSSR count). The Bertz CT molecular complexity index is 1710. The van der Waals surface area contributed by atoms with E-state index in [9.17, 15) is 14.4 Å². The van der Waals surface area contributed by atoms with Crippen molar-refractivity contribution in [1.82, 2.24) is 9.55 Å². The zero-order valence-electron chi connectivity index (χ0n) is 19.0. The molecule has 2 heterocycles. The summed E-state index contributed by atoms with van der Waals surface area (Å²) in [6, 6.07) is 21.1. The molecule has 5 aromatic rings. The maximum absolute atomic E-state index is 13.5. The number of methoxy groups -OCH3 is 1. The van der Waals surface area contributed by atoms with Gasteiger partial charge in [-0.05, 0) is 54.4 Å². The fourth-order valence-corrected chi connectivity index (χ4v) is 4.91. The first-order chi connectivity index (χ1) is 16.9. The smallest absolute Gasteiger partial charge is 0.337 e. The summed E-state index contributed by atoms with van der Waals surface area (Å²) in [7, 11) is 1.30. The highest BCUT2D eigenvalue weighted by Crippen LogP contribution is 2.28. The molecule has 0 atom stereocenters. The third kappa shape index (κ3) is 4.36. The van der Waals surface area contributed by atoms with E-state index in [1.165, 1.54) is 24.9 Å². The predicted octanol–water partition coefficient (Wildman–Crippen LogP) is 4.88. The molecule has 0 N–H and O–H groups in total. The van der Waals surface area contributed by atoms with Crippen molar-refractivity contribution < 1.29 is 13.9 Å². The number of carbonyl (C=O) groups excluding carboxylic acids is 1. The summed E-state index contributed by atoms with van der Waals surface area (Å²) in [5.74, 6) is -0.125. The number of carbonyl (C=O) groups is 1. The first kappa shape index (κ1) is 22.6. The topological polar surface area (TPSA) is 91.4 Å². The van der Waals surface area contributed by atoms with Gasteiger partial charge in [-0.2, -0.15) is 0 Å². The Labute approximate surface area is 204 Å².